The first kappa shape index (κ1) is 22.8. The van der Waals surface area contributed by atoms with E-state index in [2.05, 4.69) is 20.3 Å². The second-order valence-corrected chi connectivity index (χ2v) is 9.55. The molecule has 31 heavy (non-hydrogen) atoms. The van der Waals surface area contributed by atoms with E-state index >= 15 is 0 Å². The van der Waals surface area contributed by atoms with Crippen LogP contribution in [0.15, 0.2) is 6.33 Å². The maximum absolute atomic E-state index is 10.9. The lowest BCUT2D eigenvalue weighted by Gasteiger charge is -2.18. The number of ether oxygens (including phenoxy) is 2. The van der Waals surface area contributed by atoms with Gasteiger partial charge in [-0.25, -0.2) is 4.98 Å². The molecular weight excluding hydrogens is 457 g/mol. The number of fused-ring (bicyclic) bond motifs is 1. The fraction of sp³-hybridized carbons (Fsp3) is 0.688. The number of imidazole rings is 1. The number of hydrogen-bond acceptors (Lipinski definition) is 10. The summed E-state index contributed by atoms with van der Waals surface area (Å²) < 4.78 is 22.9. The number of anilines is 1. The first-order valence-electron chi connectivity index (χ1n) is 9.62. The van der Waals surface area contributed by atoms with Gasteiger partial charge < -0.3 is 39.9 Å². The second-order valence-electron chi connectivity index (χ2n) is 7.63. The molecule has 0 amide bonds. The first-order valence-corrected chi connectivity index (χ1v) is 11.8. The van der Waals surface area contributed by atoms with E-state index in [1.54, 1.807) is 0 Å². The SMILES string of the molecule is O=P(O)(O)COC[C@H]1O[C@@H](n2cnc3c(N[C@@H]4CCC[C@@H]4O)nc(Cl)nc32)[C@H](O)[C@@H]1O. The van der Waals surface area contributed by atoms with Crippen LogP contribution in [0.2, 0.25) is 5.28 Å². The van der Waals surface area contributed by atoms with Gasteiger partial charge in [0.1, 0.15) is 24.7 Å². The summed E-state index contributed by atoms with van der Waals surface area (Å²) in [6, 6.07) is -0.204. The highest BCUT2D eigenvalue weighted by atomic mass is 35.5. The molecule has 2 fully saturated rings. The zero-order chi connectivity index (χ0) is 22.3. The fourth-order valence-electron chi connectivity index (χ4n) is 3.85. The molecule has 2 aliphatic rings. The molecule has 2 aromatic heterocycles. The summed E-state index contributed by atoms with van der Waals surface area (Å²) in [7, 11) is -4.38. The average molecular weight is 480 g/mol. The fourth-order valence-corrected chi connectivity index (χ4v) is 4.35. The van der Waals surface area contributed by atoms with Crippen LogP contribution in [0.5, 0.6) is 0 Å². The highest BCUT2D eigenvalue weighted by Gasteiger charge is 2.44. The molecule has 15 heteroatoms. The normalized spacial score (nSPS) is 31.5. The van der Waals surface area contributed by atoms with Crippen LogP contribution in [0.1, 0.15) is 25.5 Å². The molecule has 6 N–H and O–H groups in total. The maximum Gasteiger partial charge on any atom is 0.350 e. The standard InChI is InChI=1S/C16H23ClN5O8P/c17-16-20-13(19-7-2-1-3-8(7)23)10-14(21-16)22(5-18-10)15-12(25)11(24)9(30-15)4-29-6-31(26,27)28/h5,7-9,11-12,15,23-25H,1-4,6H2,(H,19,20,21)(H2,26,27,28)/t7-,8+,9-,11-,12-,15-/m1/s1. The van der Waals surface area contributed by atoms with Crippen molar-refractivity contribution in [1.82, 2.24) is 19.5 Å². The number of nitrogens with zero attached hydrogens (tertiary/aromatic N) is 4. The van der Waals surface area contributed by atoms with E-state index in [9.17, 15) is 19.9 Å². The third-order valence-electron chi connectivity index (χ3n) is 5.35. The molecule has 4 rings (SSSR count). The van der Waals surface area contributed by atoms with Gasteiger partial charge in [0.2, 0.25) is 5.28 Å². The Morgan fingerprint density at radius 1 is 1.26 bits per heavy atom. The predicted octanol–water partition coefficient (Wildman–Crippen LogP) is -0.424. The van der Waals surface area contributed by atoms with Crippen molar-refractivity contribution < 1.29 is 39.1 Å². The summed E-state index contributed by atoms with van der Waals surface area (Å²) >= 11 is 6.07. The van der Waals surface area contributed by atoms with Gasteiger partial charge in [-0.15, -0.1) is 0 Å². The molecule has 13 nitrogen and oxygen atoms in total. The van der Waals surface area contributed by atoms with Crippen LogP contribution in [0.3, 0.4) is 0 Å². The Bertz CT molecular complexity index is 988. The zero-order valence-corrected chi connectivity index (χ0v) is 17.8. The summed E-state index contributed by atoms with van der Waals surface area (Å²) in [4.78, 5) is 30.3. The van der Waals surface area contributed by atoms with Crippen molar-refractivity contribution >= 4 is 36.2 Å². The Kier molecular flexibility index (Phi) is 6.50. The monoisotopic (exact) mass is 479 g/mol. The predicted molar refractivity (Wildman–Crippen MR) is 106 cm³/mol. The number of aliphatic hydroxyl groups excluding tert-OH is 3. The van der Waals surface area contributed by atoms with Gasteiger partial charge in [-0.05, 0) is 30.9 Å². The number of aromatic nitrogens is 4. The van der Waals surface area contributed by atoms with Gasteiger partial charge in [-0.1, -0.05) is 0 Å². The lowest BCUT2D eigenvalue weighted by atomic mass is 10.1. The van der Waals surface area contributed by atoms with E-state index in [1.807, 2.05) is 0 Å². The molecule has 6 atom stereocenters. The lowest BCUT2D eigenvalue weighted by Crippen LogP contribution is -2.34. The van der Waals surface area contributed by atoms with Crippen molar-refractivity contribution in [3.05, 3.63) is 11.6 Å². The van der Waals surface area contributed by atoms with Gasteiger partial charge in [0.25, 0.3) is 0 Å². The van der Waals surface area contributed by atoms with Crippen LogP contribution in [0.4, 0.5) is 5.82 Å². The van der Waals surface area contributed by atoms with Crippen molar-refractivity contribution in [1.29, 1.82) is 0 Å². The molecule has 1 saturated carbocycles. The van der Waals surface area contributed by atoms with Crippen molar-refractivity contribution in [2.45, 2.75) is 55.9 Å². The van der Waals surface area contributed by atoms with Gasteiger partial charge in [0, 0.05) is 0 Å². The third-order valence-corrected chi connectivity index (χ3v) is 6.04. The van der Waals surface area contributed by atoms with E-state index in [1.165, 1.54) is 10.9 Å². The van der Waals surface area contributed by atoms with Crippen LogP contribution in [-0.4, -0.2) is 88.0 Å². The van der Waals surface area contributed by atoms with E-state index < -0.39 is 44.6 Å². The Balaban J connectivity index is 1.56. The number of rotatable bonds is 7. The van der Waals surface area contributed by atoms with Crippen LogP contribution < -0.4 is 5.32 Å². The number of aliphatic hydroxyl groups is 3. The zero-order valence-electron chi connectivity index (χ0n) is 16.2. The largest absolute Gasteiger partial charge is 0.391 e. The highest BCUT2D eigenvalue weighted by molar-refractivity contribution is 7.51. The highest BCUT2D eigenvalue weighted by Crippen LogP contribution is 2.36. The second kappa shape index (κ2) is 8.85. The molecule has 0 unspecified atom stereocenters. The molecule has 3 heterocycles. The van der Waals surface area contributed by atoms with Crippen LogP contribution in [-0.2, 0) is 14.0 Å². The van der Waals surface area contributed by atoms with Crippen LogP contribution in [0.25, 0.3) is 11.2 Å². The quantitative estimate of drug-likeness (QED) is 0.222. The molecule has 1 saturated heterocycles. The summed E-state index contributed by atoms with van der Waals surface area (Å²) in [5, 5.41) is 33.9. The van der Waals surface area contributed by atoms with E-state index in [0.29, 0.717) is 17.8 Å². The number of nitrogens with one attached hydrogen (secondary N) is 1. The van der Waals surface area contributed by atoms with E-state index in [0.717, 1.165) is 12.8 Å². The summed E-state index contributed by atoms with van der Waals surface area (Å²) in [5.41, 5.74) is 0.581. The van der Waals surface area contributed by atoms with Crippen molar-refractivity contribution in [3.63, 3.8) is 0 Å². The summed E-state index contributed by atoms with van der Waals surface area (Å²) in [6.07, 6.45) is -2.57. The van der Waals surface area contributed by atoms with Gasteiger partial charge in [-0.3, -0.25) is 9.13 Å². The summed E-state index contributed by atoms with van der Waals surface area (Å²) in [5.74, 6) is 0.328. The smallest absolute Gasteiger partial charge is 0.350 e. The molecule has 0 bridgehead atoms. The van der Waals surface area contributed by atoms with E-state index in [4.69, 9.17) is 30.9 Å². The minimum absolute atomic E-state index is 0.0844. The van der Waals surface area contributed by atoms with Gasteiger partial charge >= 0.3 is 7.60 Å². The Labute approximate surface area is 181 Å². The van der Waals surface area contributed by atoms with Gasteiger partial charge in [0.05, 0.1) is 25.1 Å². The van der Waals surface area contributed by atoms with Crippen molar-refractivity contribution in [2.75, 3.05) is 18.3 Å². The molecule has 0 radical (unpaired) electrons. The maximum atomic E-state index is 10.9. The summed E-state index contributed by atoms with van der Waals surface area (Å²) in [6.45, 7) is -0.339. The Morgan fingerprint density at radius 2 is 2.03 bits per heavy atom. The minimum Gasteiger partial charge on any atom is -0.391 e. The Hall–Kier alpha value is -1.41. The topological polar surface area (TPSA) is 192 Å². The van der Waals surface area contributed by atoms with Gasteiger partial charge in [0.15, 0.2) is 23.2 Å². The van der Waals surface area contributed by atoms with Crippen LogP contribution >= 0.6 is 19.2 Å². The lowest BCUT2D eigenvalue weighted by molar-refractivity contribution is -0.0612. The van der Waals surface area contributed by atoms with E-state index in [-0.39, 0.29) is 23.6 Å². The third kappa shape index (κ3) is 4.85. The molecule has 1 aliphatic heterocycles. The molecule has 0 spiro atoms. The molecule has 1 aliphatic carbocycles. The Morgan fingerprint density at radius 3 is 2.71 bits per heavy atom. The van der Waals surface area contributed by atoms with Gasteiger partial charge in [-0.2, -0.15) is 9.97 Å². The number of hydrogen-bond donors (Lipinski definition) is 6. The molecule has 0 aromatic carbocycles. The first-order chi connectivity index (χ1) is 14.6. The molecular formula is C16H23ClN5O8P. The van der Waals surface area contributed by atoms with Crippen molar-refractivity contribution in [3.8, 4) is 0 Å². The van der Waals surface area contributed by atoms with Crippen molar-refractivity contribution in [2.24, 2.45) is 0 Å². The number of halogens is 1. The molecule has 2 aromatic rings. The van der Waals surface area contributed by atoms with Crippen LogP contribution in [0, 0.1) is 0 Å². The minimum atomic E-state index is -4.38. The average Bonchev–Trinajstić information content (AvgIpc) is 3.35. The molecule has 172 valence electrons.